The third-order valence-corrected chi connectivity index (χ3v) is 7.00. The van der Waals surface area contributed by atoms with E-state index in [1.54, 1.807) is 66.9 Å². The summed E-state index contributed by atoms with van der Waals surface area (Å²) in [5, 5.41) is 8.00. The molecule has 1 heterocycles. The van der Waals surface area contributed by atoms with Crippen molar-refractivity contribution in [3.8, 4) is 0 Å². The van der Waals surface area contributed by atoms with Crippen molar-refractivity contribution < 1.29 is 14.4 Å². The molecule has 7 nitrogen and oxygen atoms in total. The number of pyridine rings is 1. The number of aromatic nitrogens is 1. The fourth-order valence-electron chi connectivity index (χ4n) is 3.44. The molecule has 0 radical (unpaired) electrons. The maximum atomic E-state index is 13.2. The van der Waals surface area contributed by atoms with Gasteiger partial charge in [-0.1, -0.05) is 52.3 Å². The summed E-state index contributed by atoms with van der Waals surface area (Å²) < 4.78 is 0.849. The van der Waals surface area contributed by atoms with Crippen molar-refractivity contribution in [3.05, 3.63) is 125 Å². The number of hydrogen-bond donors (Lipinski definition) is 3. The molecule has 1 aromatic heterocycles. The van der Waals surface area contributed by atoms with Crippen LogP contribution in [-0.2, 0) is 9.59 Å². The topological polar surface area (TPSA) is 100 Å². The van der Waals surface area contributed by atoms with E-state index < -0.39 is 11.8 Å². The maximum Gasteiger partial charge on any atom is 0.272 e. The van der Waals surface area contributed by atoms with Gasteiger partial charge in [-0.3, -0.25) is 14.4 Å². The Hall–Kier alpha value is -4.21. The smallest absolute Gasteiger partial charge is 0.272 e. The van der Waals surface area contributed by atoms with Crippen molar-refractivity contribution in [1.82, 2.24) is 10.3 Å². The largest absolute Gasteiger partial charge is 0.321 e. The molecule has 9 heteroatoms. The van der Waals surface area contributed by atoms with E-state index in [-0.39, 0.29) is 16.9 Å². The SMILES string of the molecule is CC(Sc1ccc(NC(=O)/C(=C/c2cccc(Br)c2)NC(=O)c2ccccc2)cc1)C(=O)Nc1ccccn1. The summed E-state index contributed by atoms with van der Waals surface area (Å²) in [7, 11) is 0. The van der Waals surface area contributed by atoms with Gasteiger partial charge in [0.25, 0.3) is 11.8 Å². The molecule has 1 atom stereocenters. The van der Waals surface area contributed by atoms with Crippen LogP contribution in [0.5, 0.6) is 0 Å². The van der Waals surface area contributed by atoms with Gasteiger partial charge in [-0.05, 0) is 79.2 Å². The van der Waals surface area contributed by atoms with Crippen molar-refractivity contribution in [2.24, 2.45) is 0 Å². The van der Waals surface area contributed by atoms with Crippen LogP contribution in [0.15, 0.2) is 118 Å². The average molecular weight is 602 g/mol. The molecule has 0 bridgehead atoms. The number of nitrogens with zero attached hydrogens (tertiary/aromatic N) is 1. The van der Waals surface area contributed by atoms with Gasteiger partial charge >= 0.3 is 0 Å². The minimum atomic E-state index is -0.470. The molecule has 0 fully saturated rings. The summed E-state index contributed by atoms with van der Waals surface area (Å²) >= 11 is 4.82. The Morgan fingerprint density at radius 1 is 0.872 bits per heavy atom. The zero-order valence-corrected chi connectivity index (χ0v) is 23.3. The van der Waals surface area contributed by atoms with E-state index in [4.69, 9.17) is 0 Å². The molecule has 4 aromatic rings. The van der Waals surface area contributed by atoms with Gasteiger partial charge in [0.15, 0.2) is 0 Å². The predicted octanol–water partition coefficient (Wildman–Crippen LogP) is 6.37. The van der Waals surface area contributed by atoms with Crippen molar-refractivity contribution in [2.75, 3.05) is 10.6 Å². The summed E-state index contributed by atoms with van der Waals surface area (Å²) in [4.78, 5) is 43.5. The Bertz CT molecular complexity index is 1480. The van der Waals surface area contributed by atoms with Crippen molar-refractivity contribution in [2.45, 2.75) is 17.1 Å². The molecule has 0 aliphatic rings. The van der Waals surface area contributed by atoms with E-state index in [1.807, 2.05) is 49.4 Å². The zero-order chi connectivity index (χ0) is 27.6. The highest BCUT2D eigenvalue weighted by molar-refractivity contribution is 9.10. The molecular weight excluding hydrogens is 576 g/mol. The number of anilines is 2. The number of carbonyl (C=O) groups excluding carboxylic acids is 3. The van der Waals surface area contributed by atoms with Crippen LogP contribution < -0.4 is 16.0 Å². The lowest BCUT2D eigenvalue weighted by Gasteiger charge is -2.13. The number of amides is 3. The molecule has 39 heavy (non-hydrogen) atoms. The second-order valence-electron chi connectivity index (χ2n) is 8.38. The normalized spacial score (nSPS) is 11.8. The van der Waals surface area contributed by atoms with E-state index >= 15 is 0 Å². The van der Waals surface area contributed by atoms with E-state index in [1.165, 1.54) is 11.8 Å². The van der Waals surface area contributed by atoms with Crippen molar-refractivity contribution in [3.63, 3.8) is 0 Å². The van der Waals surface area contributed by atoms with E-state index in [0.29, 0.717) is 17.1 Å². The van der Waals surface area contributed by atoms with Crippen molar-refractivity contribution in [1.29, 1.82) is 0 Å². The van der Waals surface area contributed by atoms with Gasteiger partial charge in [0.05, 0.1) is 5.25 Å². The first-order valence-corrected chi connectivity index (χ1v) is 13.7. The first kappa shape index (κ1) is 27.8. The molecule has 0 aliphatic heterocycles. The third-order valence-electron chi connectivity index (χ3n) is 5.40. The standard InChI is InChI=1S/C30H25BrN4O3S/c1-20(28(36)35-27-12-5-6-17-32-27)39-25-15-13-24(14-16-25)33-30(38)26(19-21-8-7-11-23(31)18-21)34-29(37)22-9-3-2-4-10-22/h2-20H,1H3,(H,33,38)(H,34,37)(H,32,35,36)/b26-19-. The van der Waals surface area contributed by atoms with E-state index in [2.05, 4.69) is 36.9 Å². The molecule has 3 aromatic carbocycles. The summed E-state index contributed by atoms with van der Waals surface area (Å²) in [5.41, 5.74) is 1.82. The highest BCUT2D eigenvalue weighted by atomic mass is 79.9. The van der Waals surface area contributed by atoms with Crippen LogP contribution in [0.1, 0.15) is 22.8 Å². The Kier molecular flexibility index (Phi) is 9.66. The second kappa shape index (κ2) is 13.5. The van der Waals surface area contributed by atoms with E-state index in [9.17, 15) is 14.4 Å². The van der Waals surface area contributed by atoms with Gasteiger partial charge < -0.3 is 16.0 Å². The molecule has 0 saturated heterocycles. The summed E-state index contributed by atoms with van der Waals surface area (Å²) in [6, 6.07) is 28.6. The van der Waals surface area contributed by atoms with Crippen LogP contribution >= 0.6 is 27.7 Å². The Labute approximate surface area is 239 Å². The molecule has 0 saturated carbocycles. The number of nitrogens with one attached hydrogen (secondary N) is 3. The number of hydrogen-bond acceptors (Lipinski definition) is 5. The quantitative estimate of drug-likeness (QED) is 0.153. The highest BCUT2D eigenvalue weighted by Gasteiger charge is 2.17. The Balaban J connectivity index is 1.43. The lowest BCUT2D eigenvalue weighted by Crippen LogP contribution is -2.30. The predicted molar refractivity (Wildman–Crippen MR) is 159 cm³/mol. The van der Waals surface area contributed by atoms with Crippen molar-refractivity contribution >= 4 is 63.0 Å². The molecule has 0 aliphatic carbocycles. The number of carbonyl (C=O) groups is 3. The lowest BCUT2D eigenvalue weighted by atomic mass is 10.1. The average Bonchev–Trinajstić information content (AvgIpc) is 2.94. The van der Waals surface area contributed by atoms with Gasteiger partial charge in [-0.2, -0.15) is 0 Å². The monoisotopic (exact) mass is 600 g/mol. The van der Waals surface area contributed by atoms with E-state index in [0.717, 1.165) is 14.9 Å². The Morgan fingerprint density at radius 2 is 1.62 bits per heavy atom. The fraction of sp³-hybridized carbons (Fsp3) is 0.0667. The van der Waals surface area contributed by atoms with Crippen LogP contribution in [0.3, 0.4) is 0 Å². The lowest BCUT2D eigenvalue weighted by molar-refractivity contribution is -0.115. The molecule has 0 spiro atoms. The van der Waals surface area contributed by atoms with Gasteiger partial charge in [0, 0.05) is 26.8 Å². The molecule has 4 rings (SSSR count). The fourth-order valence-corrected chi connectivity index (χ4v) is 4.73. The van der Waals surface area contributed by atoms with Crippen LogP contribution in [-0.4, -0.2) is 28.0 Å². The van der Waals surface area contributed by atoms with Crippen LogP contribution in [0, 0.1) is 0 Å². The molecular formula is C30H25BrN4O3S. The van der Waals surface area contributed by atoms with Gasteiger partial charge in [-0.15, -0.1) is 11.8 Å². The Morgan fingerprint density at radius 3 is 2.31 bits per heavy atom. The van der Waals surface area contributed by atoms with Gasteiger partial charge in [0.1, 0.15) is 11.5 Å². The number of thioether (sulfide) groups is 1. The summed E-state index contributed by atoms with van der Waals surface area (Å²) in [6.07, 6.45) is 3.24. The number of benzene rings is 3. The minimum Gasteiger partial charge on any atom is -0.321 e. The molecule has 196 valence electrons. The van der Waals surface area contributed by atoms with Crippen LogP contribution in [0.4, 0.5) is 11.5 Å². The highest BCUT2D eigenvalue weighted by Crippen LogP contribution is 2.26. The number of rotatable bonds is 9. The van der Waals surface area contributed by atoms with Crippen LogP contribution in [0.25, 0.3) is 6.08 Å². The molecule has 1 unspecified atom stereocenters. The summed E-state index contributed by atoms with van der Waals surface area (Å²) in [6.45, 7) is 1.81. The van der Waals surface area contributed by atoms with Gasteiger partial charge in [0.2, 0.25) is 5.91 Å². The minimum absolute atomic E-state index is 0.0974. The first-order valence-electron chi connectivity index (χ1n) is 12.0. The zero-order valence-electron chi connectivity index (χ0n) is 20.9. The first-order chi connectivity index (χ1) is 18.9. The van der Waals surface area contributed by atoms with Gasteiger partial charge in [-0.25, -0.2) is 4.98 Å². The maximum absolute atomic E-state index is 13.2. The molecule has 3 N–H and O–H groups in total. The molecule has 3 amide bonds. The second-order valence-corrected chi connectivity index (χ2v) is 10.7. The number of halogens is 1. The third kappa shape index (κ3) is 8.39. The summed E-state index contributed by atoms with van der Waals surface area (Å²) in [5.74, 6) is -0.522. The van der Waals surface area contributed by atoms with Crippen LogP contribution in [0.2, 0.25) is 0 Å².